The summed E-state index contributed by atoms with van der Waals surface area (Å²) in [5.74, 6) is -0.951. The van der Waals surface area contributed by atoms with Gasteiger partial charge in [0.05, 0.1) is 0 Å². The van der Waals surface area contributed by atoms with Crippen molar-refractivity contribution in [1.29, 1.82) is 0 Å². The molecule has 0 atom stereocenters. The largest absolute Gasteiger partial charge is 0.312 e. The Balaban J connectivity index is 2.37. The average Bonchev–Trinajstić information content (AvgIpc) is 2.21. The fourth-order valence-corrected chi connectivity index (χ4v) is 1.80. The van der Waals surface area contributed by atoms with E-state index in [2.05, 4.69) is 27.9 Å². The van der Waals surface area contributed by atoms with E-state index in [9.17, 15) is 8.78 Å². The zero-order chi connectivity index (χ0) is 11.1. The molecule has 1 rings (SSSR count). The van der Waals surface area contributed by atoms with E-state index < -0.39 is 11.6 Å². The smallest absolute Gasteiger partial charge is 0.130 e. The van der Waals surface area contributed by atoms with Gasteiger partial charge in [0.2, 0.25) is 0 Å². The van der Waals surface area contributed by atoms with Gasteiger partial charge in [-0.3, -0.25) is 0 Å². The van der Waals surface area contributed by atoms with Crippen LogP contribution in [0.25, 0.3) is 0 Å². The first-order chi connectivity index (χ1) is 7.25. The van der Waals surface area contributed by atoms with Gasteiger partial charge in [-0.15, -0.1) is 0 Å². The van der Waals surface area contributed by atoms with Gasteiger partial charge in [-0.2, -0.15) is 0 Å². The SMILES string of the molecule is Fc1cccc(F)c1CNCCCCI. The number of halogens is 3. The van der Waals surface area contributed by atoms with E-state index in [0.717, 1.165) is 23.8 Å². The number of hydrogen-bond donors (Lipinski definition) is 1. The highest BCUT2D eigenvalue weighted by Crippen LogP contribution is 2.11. The molecule has 1 aromatic carbocycles. The van der Waals surface area contributed by atoms with Gasteiger partial charge in [0.1, 0.15) is 11.6 Å². The lowest BCUT2D eigenvalue weighted by Crippen LogP contribution is -2.16. The lowest BCUT2D eigenvalue weighted by atomic mass is 10.2. The minimum absolute atomic E-state index is 0.131. The Hall–Kier alpha value is -0.230. The molecule has 0 saturated carbocycles. The highest BCUT2D eigenvalue weighted by molar-refractivity contribution is 14.1. The molecule has 0 aromatic heterocycles. The van der Waals surface area contributed by atoms with Crippen molar-refractivity contribution in [3.05, 3.63) is 35.4 Å². The highest BCUT2D eigenvalue weighted by Gasteiger charge is 2.06. The van der Waals surface area contributed by atoms with Crippen molar-refractivity contribution in [2.24, 2.45) is 0 Å². The van der Waals surface area contributed by atoms with Crippen molar-refractivity contribution in [2.45, 2.75) is 19.4 Å². The molecule has 1 aromatic rings. The summed E-state index contributed by atoms with van der Waals surface area (Å²) in [4.78, 5) is 0. The summed E-state index contributed by atoms with van der Waals surface area (Å²) in [5, 5.41) is 3.03. The van der Waals surface area contributed by atoms with E-state index in [1.807, 2.05) is 0 Å². The average molecular weight is 325 g/mol. The zero-order valence-corrected chi connectivity index (χ0v) is 10.6. The van der Waals surface area contributed by atoms with Gasteiger partial charge in [0.15, 0.2) is 0 Å². The van der Waals surface area contributed by atoms with Crippen LogP contribution in [0.2, 0.25) is 0 Å². The highest BCUT2D eigenvalue weighted by atomic mass is 127. The molecule has 15 heavy (non-hydrogen) atoms. The molecule has 0 amide bonds. The molecule has 0 radical (unpaired) electrons. The Kier molecular flexibility index (Phi) is 6.09. The fourth-order valence-electron chi connectivity index (χ4n) is 1.26. The van der Waals surface area contributed by atoms with Gasteiger partial charge in [0, 0.05) is 12.1 Å². The summed E-state index contributed by atoms with van der Waals surface area (Å²) >= 11 is 2.31. The van der Waals surface area contributed by atoms with Gasteiger partial charge in [0.25, 0.3) is 0 Å². The number of rotatable bonds is 6. The lowest BCUT2D eigenvalue weighted by Gasteiger charge is -2.06. The van der Waals surface area contributed by atoms with Crippen molar-refractivity contribution in [3.8, 4) is 0 Å². The van der Waals surface area contributed by atoms with Crippen molar-refractivity contribution < 1.29 is 8.78 Å². The first-order valence-electron chi connectivity index (χ1n) is 4.95. The van der Waals surface area contributed by atoms with E-state index in [1.54, 1.807) is 0 Å². The quantitative estimate of drug-likeness (QED) is 0.481. The van der Waals surface area contributed by atoms with E-state index in [0.29, 0.717) is 0 Å². The molecule has 0 aliphatic rings. The minimum atomic E-state index is -0.476. The summed E-state index contributed by atoms with van der Waals surface area (Å²) in [5.41, 5.74) is 0.131. The van der Waals surface area contributed by atoms with Gasteiger partial charge >= 0.3 is 0 Å². The zero-order valence-electron chi connectivity index (χ0n) is 8.40. The predicted octanol–water partition coefficient (Wildman–Crippen LogP) is 3.27. The predicted molar refractivity (Wildman–Crippen MR) is 66.2 cm³/mol. The fraction of sp³-hybridized carbons (Fsp3) is 0.455. The van der Waals surface area contributed by atoms with E-state index in [1.165, 1.54) is 18.2 Å². The molecule has 1 N–H and O–H groups in total. The number of nitrogens with one attached hydrogen (secondary N) is 1. The summed E-state index contributed by atoms with van der Waals surface area (Å²) in [6, 6.07) is 3.94. The third-order valence-electron chi connectivity index (χ3n) is 2.10. The Morgan fingerprint density at radius 1 is 1.13 bits per heavy atom. The molecule has 0 saturated heterocycles. The summed E-state index contributed by atoms with van der Waals surface area (Å²) in [6.45, 7) is 1.07. The molecular weight excluding hydrogens is 311 g/mol. The van der Waals surface area contributed by atoms with Crippen molar-refractivity contribution in [1.82, 2.24) is 5.32 Å². The first-order valence-corrected chi connectivity index (χ1v) is 6.48. The standard InChI is InChI=1S/C11H14F2IN/c12-10-4-3-5-11(13)9(10)8-15-7-2-1-6-14/h3-5,15H,1-2,6-8H2. The van der Waals surface area contributed by atoms with E-state index in [4.69, 9.17) is 0 Å². The van der Waals surface area contributed by atoms with Crippen LogP contribution < -0.4 is 5.32 Å². The Morgan fingerprint density at radius 2 is 1.80 bits per heavy atom. The molecule has 0 aliphatic carbocycles. The second kappa shape index (κ2) is 7.11. The molecule has 84 valence electrons. The molecule has 0 aliphatic heterocycles. The maximum absolute atomic E-state index is 13.1. The van der Waals surface area contributed by atoms with Crippen molar-refractivity contribution in [3.63, 3.8) is 0 Å². The molecule has 0 spiro atoms. The van der Waals surface area contributed by atoms with Gasteiger partial charge < -0.3 is 5.32 Å². The van der Waals surface area contributed by atoms with E-state index >= 15 is 0 Å². The maximum Gasteiger partial charge on any atom is 0.130 e. The number of alkyl halides is 1. The third-order valence-corrected chi connectivity index (χ3v) is 2.86. The molecule has 4 heteroatoms. The van der Waals surface area contributed by atoms with Crippen LogP contribution in [0, 0.1) is 11.6 Å². The maximum atomic E-state index is 13.1. The Morgan fingerprint density at radius 3 is 2.40 bits per heavy atom. The monoisotopic (exact) mass is 325 g/mol. The van der Waals surface area contributed by atoms with Crippen LogP contribution in [0.3, 0.4) is 0 Å². The minimum Gasteiger partial charge on any atom is -0.312 e. The topological polar surface area (TPSA) is 12.0 Å². The Labute approximate surface area is 102 Å². The second-order valence-corrected chi connectivity index (χ2v) is 4.35. The van der Waals surface area contributed by atoms with Crippen LogP contribution in [-0.4, -0.2) is 11.0 Å². The first kappa shape index (κ1) is 12.8. The molecule has 0 unspecified atom stereocenters. The van der Waals surface area contributed by atoms with Crippen LogP contribution in [0.15, 0.2) is 18.2 Å². The van der Waals surface area contributed by atoms with Crippen LogP contribution in [0.5, 0.6) is 0 Å². The van der Waals surface area contributed by atoms with Crippen LogP contribution in [-0.2, 0) is 6.54 Å². The normalized spacial score (nSPS) is 10.6. The summed E-state index contributed by atoms with van der Waals surface area (Å²) in [7, 11) is 0. The van der Waals surface area contributed by atoms with Crippen LogP contribution in [0.4, 0.5) is 8.78 Å². The van der Waals surface area contributed by atoms with Crippen molar-refractivity contribution >= 4 is 22.6 Å². The van der Waals surface area contributed by atoms with Gasteiger partial charge in [-0.05, 0) is 35.9 Å². The van der Waals surface area contributed by atoms with Crippen LogP contribution in [0.1, 0.15) is 18.4 Å². The number of unbranched alkanes of at least 4 members (excludes halogenated alkanes) is 1. The second-order valence-electron chi connectivity index (χ2n) is 3.27. The van der Waals surface area contributed by atoms with Crippen molar-refractivity contribution in [2.75, 3.05) is 11.0 Å². The van der Waals surface area contributed by atoms with Crippen LogP contribution >= 0.6 is 22.6 Å². The Bertz CT molecular complexity index is 284. The van der Waals surface area contributed by atoms with E-state index in [-0.39, 0.29) is 12.1 Å². The molecule has 0 fully saturated rings. The van der Waals surface area contributed by atoms with Gasteiger partial charge in [-0.1, -0.05) is 28.7 Å². The number of benzene rings is 1. The molecule has 1 nitrogen and oxygen atoms in total. The summed E-state index contributed by atoms with van der Waals surface area (Å²) < 4.78 is 27.4. The number of hydrogen-bond acceptors (Lipinski definition) is 1. The summed E-state index contributed by atoms with van der Waals surface area (Å²) in [6.07, 6.45) is 2.17. The molecular formula is C11H14F2IN. The van der Waals surface area contributed by atoms with Gasteiger partial charge in [-0.25, -0.2) is 8.78 Å². The molecule has 0 heterocycles. The lowest BCUT2D eigenvalue weighted by molar-refractivity contribution is 0.532. The third kappa shape index (κ3) is 4.42. The molecule has 0 bridgehead atoms.